The van der Waals surface area contributed by atoms with E-state index in [1.165, 1.54) is 109 Å². The Hall–Kier alpha value is -6.50. The highest BCUT2D eigenvalue weighted by Crippen LogP contribution is 2.52. The Morgan fingerprint density at radius 1 is 0.283 bits per heavy atom. The molecule has 0 saturated heterocycles. The van der Waals surface area contributed by atoms with Crippen molar-refractivity contribution in [2.45, 2.75) is 19.3 Å². The number of benzene rings is 10. The van der Waals surface area contributed by atoms with Gasteiger partial charge in [0.15, 0.2) is 0 Å². The number of rotatable bonds is 3. The third-order valence-electron chi connectivity index (χ3n) is 12.0. The molecular formula is C53H36. The first kappa shape index (κ1) is 30.2. The number of fused-ring (bicyclic) bond motifs is 8. The minimum atomic E-state index is -0.0677. The standard InChI is InChI=1S/C53H36/c1-53(2)49-26-25-38(30-47(49)48-29-35-15-5-6-16-36(35)32-50(48)53)46-31-40(28-37-17-7-8-18-41(37)46)52-44-21-11-9-19-42(44)51(43-20-10-12-22-45(43)52)39-24-23-33-13-3-4-14-34(33)27-39/h3-32H,1-2H3. The number of hydrogen-bond acceptors (Lipinski definition) is 0. The van der Waals surface area contributed by atoms with Crippen molar-refractivity contribution in [2.24, 2.45) is 0 Å². The van der Waals surface area contributed by atoms with Gasteiger partial charge >= 0.3 is 0 Å². The van der Waals surface area contributed by atoms with Gasteiger partial charge in [0, 0.05) is 5.41 Å². The van der Waals surface area contributed by atoms with Gasteiger partial charge in [0.2, 0.25) is 0 Å². The summed E-state index contributed by atoms with van der Waals surface area (Å²) in [6.07, 6.45) is 0. The molecule has 0 atom stereocenters. The van der Waals surface area contributed by atoms with E-state index in [2.05, 4.69) is 196 Å². The third-order valence-corrected chi connectivity index (χ3v) is 12.0. The molecule has 53 heavy (non-hydrogen) atoms. The van der Waals surface area contributed by atoms with Crippen molar-refractivity contribution in [1.82, 2.24) is 0 Å². The fourth-order valence-electron chi connectivity index (χ4n) is 9.39. The second-order valence-electron chi connectivity index (χ2n) is 15.3. The molecule has 0 heterocycles. The Balaban J connectivity index is 1.17. The van der Waals surface area contributed by atoms with E-state index in [9.17, 15) is 0 Å². The fraction of sp³-hybridized carbons (Fsp3) is 0.0566. The summed E-state index contributed by atoms with van der Waals surface area (Å²) in [6.45, 7) is 4.75. The van der Waals surface area contributed by atoms with Crippen LogP contribution in [0.5, 0.6) is 0 Å². The van der Waals surface area contributed by atoms with Crippen molar-refractivity contribution < 1.29 is 0 Å². The van der Waals surface area contributed by atoms with Gasteiger partial charge in [-0.25, -0.2) is 0 Å². The molecular weight excluding hydrogens is 637 g/mol. The maximum Gasteiger partial charge on any atom is 0.0159 e. The molecule has 10 aromatic carbocycles. The summed E-state index contributed by atoms with van der Waals surface area (Å²) in [5, 5.41) is 12.7. The maximum absolute atomic E-state index is 2.46. The van der Waals surface area contributed by atoms with Gasteiger partial charge in [-0.15, -0.1) is 0 Å². The first-order chi connectivity index (χ1) is 26.0. The van der Waals surface area contributed by atoms with Crippen molar-refractivity contribution in [3.05, 3.63) is 193 Å². The van der Waals surface area contributed by atoms with Crippen LogP contribution in [0.25, 0.3) is 98.4 Å². The van der Waals surface area contributed by atoms with E-state index in [0.717, 1.165) is 0 Å². The summed E-state index contributed by atoms with van der Waals surface area (Å²) in [5.74, 6) is 0. The van der Waals surface area contributed by atoms with Crippen LogP contribution in [0.1, 0.15) is 25.0 Å². The molecule has 10 aromatic rings. The summed E-state index contributed by atoms with van der Waals surface area (Å²) in [5.41, 5.74) is 13.0. The molecule has 0 heteroatoms. The van der Waals surface area contributed by atoms with Gasteiger partial charge in [-0.2, -0.15) is 0 Å². The van der Waals surface area contributed by atoms with E-state index >= 15 is 0 Å². The average molecular weight is 673 g/mol. The van der Waals surface area contributed by atoms with E-state index in [-0.39, 0.29) is 5.41 Å². The van der Waals surface area contributed by atoms with Crippen LogP contribution in [0.2, 0.25) is 0 Å². The molecule has 0 fully saturated rings. The smallest absolute Gasteiger partial charge is 0.0159 e. The van der Waals surface area contributed by atoms with E-state index < -0.39 is 0 Å². The van der Waals surface area contributed by atoms with Crippen LogP contribution in [-0.2, 0) is 5.41 Å². The first-order valence-electron chi connectivity index (χ1n) is 18.7. The topological polar surface area (TPSA) is 0 Å². The predicted octanol–water partition coefficient (Wildman–Crippen LogP) is 14.8. The minimum absolute atomic E-state index is 0.0677. The Morgan fingerprint density at radius 2 is 0.736 bits per heavy atom. The Labute approximate surface area is 309 Å². The van der Waals surface area contributed by atoms with Gasteiger partial charge in [-0.3, -0.25) is 0 Å². The lowest BCUT2D eigenvalue weighted by Crippen LogP contribution is -2.14. The molecule has 1 aliphatic carbocycles. The van der Waals surface area contributed by atoms with Crippen molar-refractivity contribution in [3.63, 3.8) is 0 Å². The summed E-state index contributed by atoms with van der Waals surface area (Å²) >= 11 is 0. The maximum atomic E-state index is 2.46. The monoisotopic (exact) mass is 672 g/mol. The zero-order valence-electron chi connectivity index (χ0n) is 29.8. The third kappa shape index (κ3) is 4.49. The van der Waals surface area contributed by atoms with Crippen molar-refractivity contribution >= 4 is 53.9 Å². The van der Waals surface area contributed by atoms with Gasteiger partial charge < -0.3 is 0 Å². The van der Waals surface area contributed by atoms with Crippen LogP contribution in [0.4, 0.5) is 0 Å². The van der Waals surface area contributed by atoms with Crippen molar-refractivity contribution in [3.8, 4) is 44.5 Å². The number of hydrogen-bond donors (Lipinski definition) is 0. The summed E-state index contributed by atoms with van der Waals surface area (Å²) < 4.78 is 0. The van der Waals surface area contributed by atoms with E-state index in [1.807, 2.05) is 0 Å². The van der Waals surface area contributed by atoms with Crippen molar-refractivity contribution in [1.29, 1.82) is 0 Å². The summed E-state index contributed by atoms with van der Waals surface area (Å²) in [6, 6.07) is 68.1. The lowest BCUT2D eigenvalue weighted by Gasteiger charge is -2.22. The van der Waals surface area contributed by atoms with Crippen LogP contribution < -0.4 is 0 Å². The van der Waals surface area contributed by atoms with Crippen LogP contribution in [-0.4, -0.2) is 0 Å². The zero-order chi connectivity index (χ0) is 35.3. The Morgan fingerprint density at radius 3 is 1.40 bits per heavy atom. The minimum Gasteiger partial charge on any atom is -0.0616 e. The quantitative estimate of drug-likeness (QED) is 0.164. The van der Waals surface area contributed by atoms with Crippen LogP contribution >= 0.6 is 0 Å². The van der Waals surface area contributed by atoms with Gasteiger partial charge in [0.1, 0.15) is 0 Å². The molecule has 0 amide bonds. The molecule has 0 aliphatic heterocycles. The predicted molar refractivity (Wildman–Crippen MR) is 228 cm³/mol. The second kappa shape index (κ2) is 11.2. The Bertz CT molecular complexity index is 3080. The fourth-order valence-corrected chi connectivity index (χ4v) is 9.39. The van der Waals surface area contributed by atoms with E-state index in [4.69, 9.17) is 0 Å². The lowest BCUT2D eigenvalue weighted by atomic mass is 9.81. The largest absolute Gasteiger partial charge is 0.0616 e. The molecule has 0 radical (unpaired) electrons. The molecule has 1 aliphatic rings. The van der Waals surface area contributed by atoms with Crippen LogP contribution in [0, 0.1) is 0 Å². The average Bonchev–Trinajstić information content (AvgIpc) is 3.42. The van der Waals surface area contributed by atoms with Gasteiger partial charge in [-0.1, -0.05) is 159 Å². The van der Waals surface area contributed by atoms with Gasteiger partial charge in [0.25, 0.3) is 0 Å². The van der Waals surface area contributed by atoms with E-state index in [1.54, 1.807) is 0 Å². The van der Waals surface area contributed by atoms with E-state index in [0.29, 0.717) is 0 Å². The second-order valence-corrected chi connectivity index (χ2v) is 15.3. The molecule has 248 valence electrons. The zero-order valence-corrected chi connectivity index (χ0v) is 29.8. The molecule has 0 bridgehead atoms. The molecule has 0 saturated carbocycles. The summed E-state index contributed by atoms with van der Waals surface area (Å²) in [4.78, 5) is 0. The van der Waals surface area contributed by atoms with Crippen LogP contribution in [0.3, 0.4) is 0 Å². The highest BCUT2D eigenvalue weighted by molar-refractivity contribution is 6.22. The molecule has 0 N–H and O–H groups in total. The highest BCUT2D eigenvalue weighted by Gasteiger charge is 2.36. The first-order valence-corrected chi connectivity index (χ1v) is 18.7. The molecule has 0 nitrogen and oxygen atoms in total. The molecule has 0 aromatic heterocycles. The van der Waals surface area contributed by atoms with Gasteiger partial charge in [0.05, 0.1) is 0 Å². The van der Waals surface area contributed by atoms with Crippen molar-refractivity contribution in [2.75, 3.05) is 0 Å². The van der Waals surface area contributed by atoms with Gasteiger partial charge in [-0.05, 0) is 146 Å². The lowest BCUT2D eigenvalue weighted by molar-refractivity contribution is 0.661. The highest BCUT2D eigenvalue weighted by atomic mass is 14.4. The normalized spacial score (nSPS) is 13.2. The summed E-state index contributed by atoms with van der Waals surface area (Å²) in [7, 11) is 0. The molecule has 0 unspecified atom stereocenters. The molecule has 11 rings (SSSR count). The SMILES string of the molecule is CC1(C)c2ccc(-c3cc(-c4c5ccccc5c(-c5ccc6ccccc6c5)c5ccccc45)cc4ccccc34)cc2-c2cc3ccccc3cc21. The molecule has 0 spiro atoms. The van der Waals surface area contributed by atoms with Crippen LogP contribution in [0.15, 0.2) is 182 Å². The Kier molecular flexibility index (Phi) is 6.40.